The minimum absolute atomic E-state index is 0.00924. The normalized spacial score (nSPS) is 17.3. The molecule has 0 unspecified atom stereocenters. The first-order chi connectivity index (χ1) is 21.3. The highest BCUT2D eigenvalue weighted by molar-refractivity contribution is 6.16. The molecule has 1 saturated heterocycles. The number of anilines is 3. The number of nitrogens with one attached hydrogen (secondary N) is 3. The Kier molecular flexibility index (Phi) is 9.54. The number of furan rings is 1. The fourth-order valence-electron chi connectivity index (χ4n) is 4.86. The van der Waals surface area contributed by atoms with Crippen molar-refractivity contribution in [1.82, 2.24) is 15.3 Å². The third kappa shape index (κ3) is 8.67. The maximum Gasteiger partial charge on any atom is 0.414 e. The second-order valence-electron chi connectivity index (χ2n) is 12.8. The van der Waals surface area contributed by atoms with Crippen molar-refractivity contribution in [3.05, 3.63) is 48.4 Å². The molecule has 4 heterocycles. The summed E-state index contributed by atoms with van der Waals surface area (Å²) in [7, 11) is 0. The summed E-state index contributed by atoms with van der Waals surface area (Å²) in [5.41, 5.74) is -0.683. The van der Waals surface area contributed by atoms with Crippen molar-refractivity contribution in [2.24, 2.45) is 5.92 Å². The van der Waals surface area contributed by atoms with Gasteiger partial charge in [-0.05, 0) is 65.7 Å². The molecular weight excluding hydrogens is 609 g/mol. The predicted octanol–water partition coefficient (Wildman–Crippen LogP) is 6.75. The van der Waals surface area contributed by atoms with Gasteiger partial charge in [0.2, 0.25) is 5.88 Å². The molecule has 3 aromatic heterocycles. The molecule has 1 aliphatic rings. The Morgan fingerprint density at radius 3 is 2.33 bits per heavy atom. The molecular formula is C31H37F3N6O6. The Balaban J connectivity index is 1.66. The number of alkyl halides is 3. The van der Waals surface area contributed by atoms with Crippen LogP contribution in [0.15, 0.2) is 41.7 Å². The van der Waals surface area contributed by atoms with Gasteiger partial charge in [-0.3, -0.25) is 20.1 Å². The molecule has 15 heteroatoms. The first kappa shape index (κ1) is 34.1. The summed E-state index contributed by atoms with van der Waals surface area (Å²) in [4.78, 5) is 48.6. The largest absolute Gasteiger partial charge is 0.444 e. The molecule has 1 aliphatic heterocycles. The summed E-state index contributed by atoms with van der Waals surface area (Å²) in [6, 6.07) is 2.11. The van der Waals surface area contributed by atoms with E-state index >= 15 is 0 Å². The average Bonchev–Trinajstić information content (AvgIpc) is 3.27. The molecule has 3 amide bonds. The van der Waals surface area contributed by atoms with Gasteiger partial charge in [-0.25, -0.2) is 9.59 Å². The van der Waals surface area contributed by atoms with Gasteiger partial charge in [0.15, 0.2) is 5.58 Å². The van der Waals surface area contributed by atoms with E-state index < -0.39 is 54.0 Å². The molecule has 0 saturated carbocycles. The van der Waals surface area contributed by atoms with Crippen molar-refractivity contribution in [2.45, 2.75) is 71.4 Å². The van der Waals surface area contributed by atoms with Crippen LogP contribution < -0.4 is 20.9 Å². The van der Waals surface area contributed by atoms with Gasteiger partial charge in [-0.2, -0.15) is 13.2 Å². The van der Waals surface area contributed by atoms with E-state index in [9.17, 15) is 27.6 Å². The lowest BCUT2D eigenvalue weighted by atomic mass is 9.93. The lowest BCUT2D eigenvalue weighted by molar-refractivity contribution is -0.177. The predicted molar refractivity (Wildman–Crippen MR) is 166 cm³/mol. The highest BCUT2D eigenvalue weighted by Crippen LogP contribution is 2.38. The van der Waals surface area contributed by atoms with E-state index in [1.807, 2.05) is 0 Å². The zero-order valence-electron chi connectivity index (χ0n) is 26.4. The first-order valence-corrected chi connectivity index (χ1v) is 14.4. The van der Waals surface area contributed by atoms with Crippen LogP contribution >= 0.6 is 0 Å². The van der Waals surface area contributed by atoms with E-state index in [2.05, 4.69) is 32.5 Å². The summed E-state index contributed by atoms with van der Waals surface area (Å²) in [6.45, 7) is 13.2. The van der Waals surface area contributed by atoms with E-state index in [1.54, 1.807) is 47.6 Å². The number of alkyl carbamates (subject to hydrolysis) is 1. The molecule has 248 valence electrons. The zero-order chi connectivity index (χ0) is 34.0. The lowest BCUT2D eigenvalue weighted by Crippen LogP contribution is -2.54. The molecule has 0 aromatic carbocycles. The number of amides is 3. The van der Waals surface area contributed by atoms with Crippen LogP contribution in [0.4, 0.5) is 40.0 Å². The van der Waals surface area contributed by atoms with Gasteiger partial charge in [0.25, 0.3) is 5.91 Å². The van der Waals surface area contributed by atoms with Crippen LogP contribution in [0.25, 0.3) is 17.2 Å². The first-order valence-electron chi connectivity index (χ1n) is 14.4. The zero-order valence-corrected chi connectivity index (χ0v) is 26.4. The minimum Gasteiger partial charge on any atom is -0.444 e. The summed E-state index contributed by atoms with van der Waals surface area (Å²) in [5.74, 6) is -2.83. The number of carbonyl (C=O) groups excluding carboxylic acids is 3. The van der Waals surface area contributed by atoms with Crippen molar-refractivity contribution in [3.63, 3.8) is 0 Å². The summed E-state index contributed by atoms with van der Waals surface area (Å²) in [5, 5.41) is 7.67. The second kappa shape index (κ2) is 12.9. The van der Waals surface area contributed by atoms with Crippen molar-refractivity contribution in [1.29, 1.82) is 0 Å². The molecule has 3 aromatic rings. The van der Waals surface area contributed by atoms with Gasteiger partial charge in [-0.15, -0.1) is 0 Å². The fourth-order valence-corrected chi connectivity index (χ4v) is 4.86. The number of nitrogens with zero attached hydrogens (tertiary/aromatic N) is 3. The van der Waals surface area contributed by atoms with Crippen LogP contribution in [0.2, 0.25) is 0 Å². The van der Waals surface area contributed by atoms with Gasteiger partial charge in [0.05, 0.1) is 29.5 Å². The van der Waals surface area contributed by atoms with Crippen molar-refractivity contribution < 1.29 is 41.4 Å². The Hall–Kier alpha value is -4.82. The number of hydrogen-bond acceptors (Lipinski definition) is 9. The number of ether oxygens (including phenoxy) is 2. The Labute approximate surface area is 263 Å². The standard InChI is InChI=1S/C31H37F3N6O6/c1-8-17-11-22-24(36-13-17)23(26(44-22)39-28(43)46-30(5,6)7)25(41)38-20-14-35-10-9-21(20)40-15-18(31(32,33)34)12-19(16-40)37-27(42)45-29(2,3)4/h8-11,13-14,18-19H,1,12,15-16H2,2-7H3,(H,37,42)(H,38,41)(H,39,43)/t18-,19+/m1/s1. The number of hydrogen-bond donors (Lipinski definition) is 3. The third-order valence-electron chi connectivity index (χ3n) is 6.65. The highest BCUT2D eigenvalue weighted by Gasteiger charge is 2.45. The number of piperidine rings is 1. The molecule has 12 nitrogen and oxygen atoms in total. The number of aromatic nitrogens is 2. The van der Waals surface area contributed by atoms with Gasteiger partial charge in [-0.1, -0.05) is 12.7 Å². The summed E-state index contributed by atoms with van der Waals surface area (Å²) >= 11 is 0. The molecule has 1 fully saturated rings. The Morgan fingerprint density at radius 1 is 1.02 bits per heavy atom. The van der Waals surface area contributed by atoms with Crippen LogP contribution in [-0.2, 0) is 9.47 Å². The van der Waals surface area contributed by atoms with Gasteiger partial charge in [0, 0.05) is 25.5 Å². The molecule has 4 rings (SSSR count). The van der Waals surface area contributed by atoms with Crippen molar-refractivity contribution in [3.8, 4) is 0 Å². The van der Waals surface area contributed by atoms with E-state index in [-0.39, 0.29) is 46.9 Å². The summed E-state index contributed by atoms with van der Waals surface area (Å²) < 4.78 is 58.5. The van der Waals surface area contributed by atoms with Crippen LogP contribution in [0.5, 0.6) is 0 Å². The molecule has 2 atom stereocenters. The van der Waals surface area contributed by atoms with Crippen LogP contribution in [0.3, 0.4) is 0 Å². The van der Waals surface area contributed by atoms with Gasteiger partial charge in [0.1, 0.15) is 22.3 Å². The van der Waals surface area contributed by atoms with Gasteiger partial charge >= 0.3 is 18.4 Å². The van der Waals surface area contributed by atoms with E-state index in [0.717, 1.165) is 0 Å². The minimum atomic E-state index is -4.56. The quantitative estimate of drug-likeness (QED) is 0.265. The average molecular weight is 647 g/mol. The number of pyridine rings is 2. The number of halogens is 3. The smallest absolute Gasteiger partial charge is 0.414 e. The van der Waals surface area contributed by atoms with Gasteiger partial charge < -0.3 is 29.4 Å². The van der Waals surface area contributed by atoms with E-state index in [1.165, 1.54) is 35.6 Å². The number of carbonyl (C=O) groups is 3. The maximum atomic E-state index is 14.0. The van der Waals surface area contributed by atoms with Crippen LogP contribution in [-0.4, -0.2) is 64.6 Å². The molecule has 46 heavy (non-hydrogen) atoms. The van der Waals surface area contributed by atoms with E-state index in [0.29, 0.717) is 5.56 Å². The maximum absolute atomic E-state index is 14.0. The molecule has 0 aliphatic carbocycles. The highest BCUT2D eigenvalue weighted by atomic mass is 19.4. The lowest BCUT2D eigenvalue weighted by Gasteiger charge is -2.40. The summed E-state index contributed by atoms with van der Waals surface area (Å²) in [6.07, 6.45) is -1.00. The topological polar surface area (TPSA) is 148 Å². The monoisotopic (exact) mass is 646 g/mol. The van der Waals surface area contributed by atoms with Crippen molar-refractivity contribution >= 4 is 52.5 Å². The fraction of sp³-hybridized carbons (Fsp3) is 0.452. The van der Waals surface area contributed by atoms with E-state index in [4.69, 9.17) is 13.9 Å². The SMILES string of the molecule is C=Cc1cnc2c(C(=O)Nc3cnccc3N3C[C@@H](NC(=O)OC(C)(C)C)C[C@@H](C(F)(F)F)C3)c(NC(=O)OC(C)(C)C)oc2c1. The molecule has 0 bridgehead atoms. The molecule has 3 N–H and O–H groups in total. The van der Waals surface area contributed by atoms with Crippen LogP contribution in [0.1, 0.15) is 63.9 Å². The number of rotatable bonds is 6. The Morgan fingerprint density at radius 2 is 1.70 bits per heavy atom. The third-order valence-corrected chi connectivity index (χ3v) is 6.65. The number of fused-ring (bicyclic) bond motifs is 1. The Bertz CT molecular complexity index is 1630. The van der Waals surface area contributed by atoms with Crippen LogP contribution in [0, 0.1) is 5.92 Å². The molecule has 0 radical (unpaired) electrons. The second-order valence-corrected chi connectivity index (χ2v) is 12.8. The van der Waals surface area contributed by atoms with Crippen molar-refractivity contribution in [2.75, 3.05) is 28.6 Å². The molecule has 0 spiro atoms.